The van der Waals surface area contributed by atoms with Crippen molar-refractivity contribution in [2.24, 2.45) is 5.92 Å². The third-order valence-electron chi connectivity index (χ3n) is 3.83. The van der Waals surface area contributed by atoms with E-state index in [0.29, 0.717) is 12.0 Å². The third kappa shape index (κ3) is 2.72. The Bertz CT molecular complexity index is 417. The fourth-order valence-corrected chi connectivity index (χ4v) is 3.54. The van der Waals surface area contributed by atoms with Crippen molar-refractivity contribution in [3.63, 3.8) is 0 Å². The molecule has 1 unspecified atom stereocenters. The molecule has 1 aliphatic rings. The fraction of sp³-hybridized carbons (Fsp3) is 0.600. The monoisotopic (exact) mass is 311 g/mol. The summed E-state index contributed by atoms with van der Waals surface area (Å²) < 4.78 is 1.00. The molecular weight excluding hydrogens is 290 g/mol. The molecule has 0 radical (unpaired) electrons. The van der Waals surface area contributed by atoms with E-state index in [1.54, 1.807) is 6.92 Å². The number of rotatable bonds is 3. The highest BCUT2D eigenvalue weighted by atomic mass is 79.9. The van der Waals surface area contributed by atoms with Crippen LogP contribution in [-0.2, 0) is 0 Å². The first kappa shape index (κ1) is 13.9. The smallest absolute Gasteiger partial charge is 0.0772 e. The molecule has 0 aliphatic carbocycles. The Morgan fingerprint density at radius 2 is 2.06 bits per heavy atom. The van der Waals surface area contributed by atoms with Crippen LogP contribution < -0.4 is 4.90 Å². The summed E-state index contributed by atoms with van der Waals surface area (Å²) in [6.45, 7) is 7.53. The van der Waals surface area contributed by atoms with Crippen molar-refractivity contribution in [2.45, 2.75) is 45.8 Å². The maximum atomic E-state index is 9.66. The van der Waals surface area contributed by atoms with Crippen molar-refractivity contribution in [2.75, 3.05) is 11.4 Å². The van der Waals surface area contributed by atoms with Crippen molar-refractivity contribution in [1.82, 2.24) is 0 Å². The van der Waals surface area contributed by atoms with Gasteiger partial charge in [-0.1, -0.05) is 35.8 Å². The summed E-state index contributed by atoms with van der Waals surface area (Å²) in [5.74, 6) is 0.683. The lowest BCUT2D eigenvalue weighted by atomic mass is 10.0. The van der Waals surface area contributed by atoms with Crippen LogP contribution in [0.4, 0.5) is 5.69 Å². The van der Waals surface area contributed by atoms with Crippen LogP contribution in [0.2, 0.25) is 0 Å². The molecule has 2 atom stereocenters. The quantitative estimate of drug-likeness (QED) is 0.907. The summed E-state index contributed by atoms with van der Waals surface area (Å²) >= 11 is 3.57. The van der Waals surface area contributed by atoms with Gasteiger partial charge in [-0.15, -0.1) is 0 Å². The van der Waals surface area contributed by atoms with Gasteiger partial charge in [0.2, 0.25) is 0 Å². The molecule has 1 N–H and O–H groups in total. The van der Waals surface area contributed by atoms with Crippen LogP contribution in [0.3, 0.4) is 0 Å². The molecule has 3 heteroatoms. The normalized spacial score (nSPS) is 21.7. The van der Waals surface area contributed by atoms with E-state index in [1.807, 2.05) is 6.07 Å². The number of aliphatic hydroxyl groups excluding tert-OH is 1. The first-order valence-corrected chi connectivity index (χ1v) is 7.54. The summed E-state index contributed by atoms with van der Waals surface area (Å²) in [5.41, 5.74) is 2.22. The SMILES string of the molecule is CC(C)C1CCCN1c1ccc([C@H](C)O)c(Br)c1. The Kier molecular flexibility index (Phi) is 4.33. The molecule has 0 saturated carbocycles. The lowest BCUT2D eigenvalue weighted by Gasteiger charge is -2.30. The molecule has 1 aromatic carbocycles. The molecule has 1 aliphatic heterocycles. The Labute approximate surface area is 118 Å². The van der Waals surface area contributed by atoms with E-state index in [0.717, 1.165) is 16.6 Å². The Balaban J connectivity index is 2.26. The zero-order valence-electron chi connectivity index (χ0n) is 11.4. The van der Waals surface area contributed by atoms with Gasteiger partial charge in [-0.25, -0.2) is 0 Å². The van der Waals surface area contributed by atoms with Gasteiger partial charge in [0.05, 0.1) is 6.10 Å². The van der Waals surface area contributed by atoms with Crippen LogP contribution >= 0.6 is 15.9 Å². The van der Waals surface area contributed by atoms with Gasteiger partial charge in [-0.3, -0.25) is 0 Å². The molecule has 1 fully saturated rings. The molecule has 2 nitrogen and oxygen atoms in total. The second-order valence-electron chi connectivity index (χ2n) is 5.53. The lowest BCUT2D eigenvalue weighted by Crippen LogP contribution is -2.33. The second kappa shape index (κ2) is 5.62. The summed E-state index contributed by atoms with van der Waals surface area (Å²) in [4.78, 5) is 2.50. The zero-order chi connectivity index (χ0) is 13.3. The minimum Gasteiger partial charge on any atom is -0.389 e. The highest BCUT2D eigenvalue weighted by Crippen LogP contribution is 2.33. The zero-order valence-corrected chi connectivity index (χ0v) is 12.9. The van der Waals surface area contributed by atoms with Crippen molar-refractivity contribution in [3.8, 4) is 0 Å². The van der Waals surface area contributed by atoms with Crippen molar-refractivity contribution >= 4 is 21.6 Å². The van der Waals surface area contributed by atoms with Crippen LogP contribution in [0.5, 0.6) is 0 Å². The van der Waals surface area contributed by atoms with Crippen molar-refractivity contribution < 1.29 is 5.11 Å². The van der Waals surface area contributed by atoms with Gasteiger partial charge in [0, 0.05) is 22.7 Å². The number of anilines is 1. The van der Waals surface area contributed by atoms with E-state index in [2.05, 4.69) is 46.8 Å². The average molecular weight is 312 g/mol. The van der Waals surface area contributed by atoms with Crippen LogP contribution in [0, 0.1) is 5.92 Å². The molecule has 0 spiro atoms. The number of benzene rings is 1. The molecule has 0 amide bonds. The number of nitrogens with zero attached hydrogens (tertiary/aromatic N) is 1. The molecule has 2 rings (SSSR count). The van der Waals surface area contributed by atoms with Crippen LogP contribution in [-0.4, -0.2) is 17.7 Å². The van der Waals surface area contributed by atoms with Gasteiger partial charge in [0.25, 0.3) is 0 Å². The highest BCUT2D eigenvalue weighted by Gasteiger charge is 2.27. The topological polar surface area (TPSA) is 23.5 Å². The predicted molar refractivity (Wildman–Crippen MR) is 80.0 cm³/mol. The molecule has 1 aromatic rings. The molecular formula is C15H22BrNO. The summed E-state index contributed by atoms with van der Waals surface area (Å²) in [6.07, 6.45) is 2.14. The van der Waals surface area contributed by atoms with Crippen LogP contribution in [0.15, 0.2) is 22.7 Å². The first-order chi connectivity index (χ1) is 8.50. The minimum absolute atomic E-state index is 0.423. The first-order valence-electron chi connectivity index (χ1n) is 6.75. The van der Waals surface area contributed by atoms with Gasteiger partial charge in [-0.05, 0) is 43.4 Å². The highest BCUT2D eigenvalue weighted by molar-refractivity contribution is 9.10. The van der Waals surface area contributed by atoms with Gasteiger partial charge in [0.15, 0.2) is 0 Å². The molecule has 100 valence electrons. The van der Waals surface area contributed by atoms with Crippen molar-refractivity contribution in [3.05, 3.63) is 28.2 Å². The second-order valence-corrected chi connectivity index (χ2v) is 6.38. The van der Waals surface area contributed by atoms with Crippen LogP contribution in [0.1, 0.15) is 45.3 Å². The summed E-state index contributed by atoms with van der Waals surface area (Å²) in [6, 6.07) is 6.95. The predicted octanol–water partition coefficient (Wildman–Crippen LogP) is 4.13. The lowest BCUT2D eigenvalue weighted by molar-refractivity contribution is 0.198. The number of hydrogen-bond donors (Lipinski definition) is 1. The largest absolute Gasteiger partial charge is 0.389 e. The maximum Gasteiger partial charge on any atom is 0.0772 e. The number of halogens is 1. The van der Waals surface area contributed by atoms with E-state index in [4.69, 9.17) is 0 Å². The van der Waals surface area contributed by atoms with Crippen molar-refractivity contribution in [1.29, 1.82) is 0 Å². The molecule has 18 heavy (non-hydrogen) atoms. The number of hydrogen-bond acceptors (Lipinski definition) is 2. The van der Waals surface area contributed by atoms with E-state index in [9.17, 15) is 5.11 Å². The number of aliphatic hydroxyl groups is 1. The molecule has 1 heterocycles. The van der Waals surface area contributed by atoms with Gasteiger partial charge >= 0.3 is 0 Å². The van der Waals surface area contributed by atoms with E-state index >= 15 is 0 Å². The van der Waals surface area contributed by atoms with Gasteiger partial charge in [-0.2, -0.15) is 0 Å². The molecule has 0 bridgehead atoms. The third-order valence-corrected chi connectivity index (χ3v) is 4.52. The summed E-state index contributed by atoms with van der Waals surface area (Å²) in [5, 5.41) is 9.66. The Morgan fingerprint density at radius 3 is 2.61 bits per heavy atom. The van der Waals surface area contributed by atoms with Gasteiger partial charge < -0.3 is 10.0 Å². The van der Waals surface area contributed by atoms with E-state index in [-0.39, 0.29) is 0 Å². The van der Waals surface area contributed by atoms with Gasteiger partial charge in [0.1, 0.15) is 0 Å². The fourth-order valence-electron chi connectivity index (χ4n) is 2.84. The molecule has 1 saturated heterocycles. The van der Waals surface area contributed by atoms with Crippen LogP contribution in [0.25, 0.3) is 0 Å². The maximum absolute atomic E-state index is 9.66. The van der Waals surface area contributed by atoms with E-state index in [1.165, 1.54) is 18.5 Å². The standard InChI is InChI=1S/C15H22BrNO/c1-10(2)15-5-4-8-17(15)12-6-7-13(11(3)18)14(16)9-12/h6-7,9-11,15,18H,4-5,8H2,1-3H3/t11-,15?/m0/s1. The Morgan fingerprint density at radius 1 is 1.33 bits per heavy atom. The average Bonchev–Trinajstić information content (AvgIpc) is 2.77. The minimum atomic E-state index is -0.423. The van der Waals surface area contributed by atoms with E-state index < -0.39 is 6.10 Å². The molecule has 0 aromatic heterocycles. The summed E-state index contributed by atoms with van der Waals surface area (Å²) in [7, 11) is 0. The Hall–Kier alpha value is -0.540.